The lowest BCUT2D eigenvalue weighted by atomic mass is 10.0. The largest absolute Gasteiger partial charge is 0.427 e. The number of hydrogen-bond donors (Lipinski definition) is 1. The summed E-state index contributed by atoms with van der Waals surface area (Å²) in [6, 6.07) is 5.28. The van der Waals surface area contributed by atoms with Gasteiger partial charge in [0.1, 0.15) is 11.5 Å². The van der Waals surface area contributed by atoms with Crippen molar-refractivity contribution in [3.05, 3.63) is 29.5 Å². The van der Waals surface area contributed by atoms with Crippen molar-refractivity contribution >= 4 is 28.4 Å². The van der Waals surface area contributed by atoms with Crippen molar-refractivity contribution in [2.24, 2.45) is 12.2 Å². The van der Waals surface area contributed by atoms with E-state index in [0.717, 1.165) is 22.2 Å². The molecule has 0 spiro atoms. The number of Topliss-reactive ketones (excluding diaryl/α,β-unsaturated/α-hetero) is 1. The zero-order chi connectivity index (χ0) is 16.0. The topological polar surface area (TPSA) is 80.9 Å². The van der Waals surface area contributed by atoms with E-state index in [1.807, 2.05) is 17.7 Å². The number of carbonyl (C=O) groups excluding carboxylic acids is 2. The summed E-state index contributed by atoms with van der Waals surface area (Å²) in [7, 11) is 1.88. The molecule has 0 saturated carbocycles. The predicted octanol–water partition coefficient (Wildman–Crippen LogP) is 2.36. The molecule has 0 bridgehead atoms. The predicted molar refractivity (Wildman–Crippen MR) is 80.6 cm³/mol. The molecule has 6 heteroatoms. The van der Waals surface area contributed by atoms with Crippen molar-refractivity contribution in [2.45, 2.75) is 26.2 Å². The summed E-state index contributed by atoms with van der Waals surface area (Å²) in [4.78, 5) is 23.0. The van der Waals surface area contributed by atoms with E-state index in [0.29, 0.717) is 17.9 Å². The number of aryl methyl sites for hydroxylation is 1. The average molecular weight is 300 g/mol. The minimum absolute atomic E-state index is 0.0333. The number of ether oxygens (including phenoxy) is 1. The van der Waals surface area contributed by atoms with Gasteiger partial charge < -0.3 is 14.5 Å². The number of benzene rings is 1. The molecule has 0 amide bonds. The van der Waals surface area contributed by atoms with E-state index >= 15 is 0 Å². The zero-order valence-electron chi connectivity index (χ0n) is 12.6. The molecule has 6 nitrogen and oxygen atoms in total. The maximum absolute atomic E-state index is 11.9. The maximum atomic E-state index is 11.9. The lowest BCUT2D eigenvalue weighted by molar-refractivity contribution is -0.131. The summed E-state index contributed by atoms with van der Waals surface area (Å²) in [5.74, 6) is -0.247. The number of fused-ring (bicyclic) bond motifs is 3. The number of nitrogens with zero attached hydrogens (tertiary/aromatic N) is 2. The number of carbonyl (C=O) groups is 2. The van der Waals surface area contributed by atoms with Gasteiger partial charge >= 0.3 is 5.97 Å². The molecule has 1 aliphatic carbocycles. The Bertz CT molecular complexity index is 832. The molecule has 22 heavy (non-hydrogen) atoms. The van der Waals surface area contributed by atoms with Gasteiger partial charge in [-0.15, -0.1) is 0 Å². The molecule has 0 fully saturated rings. The minimum atomic E-state index is -0.399. The van der Waals surface area contributed by atoms with E-state index in [4.69, 9.17) is 4.74 Å². The van der Waals surface area contributed by atoms with Crippen molar-refractivity contribution in [2.75, 3.05) is 0 Å². The standard InChI is InChI=1S/C16H16N2O4/c1-8(19)11-7-13(17-21)15-12-6-10(22-9(2)20)4-5-14(12)18(3)16(11)15/h4-6,11,21H,7H2,1-3H3. The second-order valence-electron chi connectivity index (χ2n) is 5.51. The zero-order valence-corrected chi connectivity index (χ0v) is 12.6. The Labute approximate surface area is 127 Å². The second-order valence-corrected chi connectivity index (χ2v) is 5.51. The molecule has 0 radical (unpaired) electrons. The van der Waals surface area contributed by atoms with Crippen molar-refractivity contribution in [1.82, 2.24) is 4.57 Å². The summed E-state index contributed by atoms with van der Waals surface area (Å²) in [5, 5.41) is 13.4. The molecule has 1 heterocycles. The third-order valence-corrected chi connectivity index (χ3v) is 4.11. The Hall–Kier alpha value is -2.63. The Balaban J connectivity index is 2.28. The maximum Gasteiger partial charge on any atom is 0.308 e. The fourth-order valence-corrected chi connectivity index (χ4v) is 3.20. The smallest absolute Gasteiger partial charge is 0.308 e. The molecule has 1 unspecified atom stereocenters. The van der Waals surface area contributed by atoms with Gasteiger partial charge in [-0.05, 0) is 25.1 Å². The highest BCUT2D eigenvalue weighted by molar-refractivity contribution is 6.17. The Morgan fingerprint density at radius 2 is 2.09 bits per heavy atom. The summed E-state index contributed by atoms with van der Waals surface area (Å²) in [6.45, 7) is 2.88. The summed E-state index contributed by atoms with van der Waals surface area (Å²) < 4.78 is 7.05. The van der Waals surface area contributed by atoms with Gasteiger partial charge in [0.15, 0.2) is 0 Å². The molecule has 1 aromatic carbocycles. The molecular weight excluding hydrogens is 284 g/mol. The molecule has 1 atom stereocenters. The Morgan fingerprint density at radius 1 is 1.36 bits per heavy atom. The second kappa shape index (κ2) is 4.98. The third kappa shape index (κ3) is 1.99. The van der Waals surface area contributed by atoms with E-state index < -0.39 is 5.97 Å². The molecule has 1 N–H and O–H groups in total. The number of ketones is 1. The van der Waals surface area contributed by atoms with Gasteiger partial charge in [-0.2, -0.15) is 0 Å². The number of oxime groups is 1. The first kappa shape index (κ1) is 14.3. The Morgan fingerprint density at radius 3 is 2.68 bits per heavy atom. The van der Waals surface area contributed by atoms with Crippen LogP contribution in [0.15, 0.2) is 23.4 Å². The SMILES string of the molecule is CC(=O)Oc1ccc2c(c1)c1c(n2C)C(C(C)=O)CC1=NO. The van der Waals surface area contributed by atoms with Crippen LogP contribution in [-0.4, -0.2) is 27.2 Å². The van der Waals surface area contributed by atoms with Crippen molar-refractivity contribution in [3.63, 3.8) is 0 Å². The van der Waals surface area contributed by atoms with Crippen LogP contribution in [0.1, 0.15) is 37.4 Å². The van der Waals surface area contributed by atoms with E-state index in [1.54, 1.807) is 12.1 Å². The minimum Gasteiger partial charge on any atom is -0.427 e. The summed E-state index contributed by atoms with van der Waals surface area (Å²) in [5.41, 5.74) is 2.98. The van der Waals surface area contributed by atoms with Gasteiger partial charge in [-0.3, -0.25) is 9.59 Å². The van der Waals surface area contributed by atoms with Gasteiger partial charge in [-0.25, -0.2) is 0 Å². The molecule has 1 aliphatic rings. The van der Waals surface area contributed by atoms with Gasteiger partial charge in [-0.1, -0.05) is 5.16 Å². The van der Waals surface area contributed by atoms with Gasteiger partial charge in [0.05, 0.1) is 11.6 Å². The normalized spacial score (nSPS) is 18.7. The van der Waals surface area contributed by atoms with Crippen molar-refractivity contribution in [3.8, 4) is 5.75 Å². The van der Waals surface area contributed by atoms with Crippen LogP contribution < -0.4 is 4.74 Å². The van der Waals surface area contributed by atoms with Crippen molar-refractivity contribution in [1.29, 1.82) is 0 Å². The average Bonchev–Trinajstić information content (AvgIpc) is 2.96. The van der Waals surface area contributed by atoms with Gasteiger partial charge in [0, 0.05) is 42.6 Å². The first-order chi connectivity index (χ1) is 10.4. The third-order valence-electron chi connectivity index (χ3n) is 4.11. The lowest BCUT2D eigenvalue weighted by Gasteiger charge is -2.09. The van der Waals surface area contributed by atoms with E-state index in [-0.39, 0.29) is 11.7 Å². The molecule has 0 saturated heterocycles. The van der Waals surface area contributed by atoms with Crippen LogP contribution in [0, 0.1) is 0 Å². The number of esters is 1. The number of rotatable bonds is 2. The van der Waals surface area contributed by atoms with E-state index in [9.17, 15) is 14.8 Å². The molecule has 114 valence electrons. The lowest BCUT2D eigenvalue weighted by Crippen LogP contribution is -2.10. The van der Waals surface area contributed by atoms with E-state index in [1.165, 1.54) is 13.8 Å². The number of aromatic nitrogens is 1. The monoisotopic (exact) mass is 300 g/mol. The molecule has 3 rings (SSSR count). The Kier molecular flexibility index (Phi) is 3.24. The highest BCUT2D eigenvalue weighted by Crippen LogP contribution is 2.41. The van der Waals surface area contributed by atoms with Crippen LogP contribution in [0.5, 0.6) is 5.75 Å². The van der Waals surface area contributed by atoms with Crippen LogP contribution in [-0.2, 0) is 16.6 Å². The fourth-order valence-electron chi connectivity index (χ4n) is 3.20. The van der Waals surface area contributed by atoms with Crippen molar-refractivity contribution < 1.29 is 19.5 Å². The van der Waals surface area contributed by atoms with Crippen LogP contribution in [0.3, 0.4) is 0 Å². The van der Waals surface area contributed by atoms with Crippen LogP contribution in [0.4, 0.5) is 0 Å². The highest BCUT2D eigenvalue weighted by Gasteiger charge is 2.36. The first-order valence-corrected chi connectivity index (χ1v) is 6.96. The molecule has 1 aromatic heterocycles. The molecular formula is C16H16N2O4. The van der Waals surface area contributed by atoms with Gasteiger partial charge in [0.2, 0.25) is 0 Å². The van der Waals surface area contributed by atoms with Crippen LogP contribution in [0.25, 0.3) is 10.9 Å². The summed E-state index contributed by atoms with van der Waals surface area (Å²) in [6.07, 6.45) is 0.387. The first-order valence-electron chi connectivity index (χ1n) is 6.96. The molecule has 2 aromatic rings. The van der Waals surface area contributed by atoms with E-state index in [2.05, 4.69) is 5.16 Å². The highest BCUT2D eigenvalue weighted by atomic mass is 16.5. The van der Waals surface area contributed by atoms with Gasteiger partial charge in [0.25, 0.3) is 0 Å². The quantitative estimate of drug-likeness (QED) is 0.399. The summed E-state index contributed by atoms with van der Waals surface area (Å²) >= 11 is 0. The van der Waals surface area contributed by atoms with Crippen LogP contribution >= 0.6 is 0 Å². The fraction of sp³-hybridized carbons (Fsp3) is 0.312. The van der Waals surface area contributed by atoms with Crippen LogP contribution in [0.2, 0.25) is 0 Å². The number of hydrogen-bond acceptors (Lipinski definition) is 5. The molecule has 0 aliphatic heterocycles.